The summed E-state index contributed by atoms with van der Waals surface area (Å²) in [6.07, 6.45) is 4.90. The standard InChI is InChI=1S/C14H18N2O/c1-10-3-2-4-13(7-10)17-14-6-5-12(16)8-11(14)9-15/h5-6,8,10,13H,2-4,7,16H2,1H3. The van der Waals surface area contributed by atoms with E-state index in [4.69, 9.17) is 15.7 Å². The molecule has 0 radical (unpaired) electrons. The molecule has 2 unspecified atom stereocenters. The Hall–Kier alpha value is -1.69. The van der Waals surface area contributed by atoms with Crippen molar-refractivity contribution in [3.8, 4) is 11.8 Å². The Morgan fingerprint density at radius 3 is 2.94 bits per heavy atom. The summed E-state index contributed by atoms with van der Waals surface area (Å²) < 4.78 is 5.92. The van der Waals surface area contributed by atoms with Crippen LogP contribution in [0, 0.1) is 17.2 Å². The number of hydrogen-bond donors (Lipinski definition) is 1. The van der Waals surface area contributed by atoms with E-state index in [0.29, 0.717) is 22.9 Å². The van der Waals surface area contributed by atoms with Crippen molar-refractivity contribution in [3.63, 3.8) is 0 Å². The van der Waals surface area contributed by atoms with Crippen molar-refractivity contribution in [2.75, 3.05) is 5.73 Å². The molecule has 2 rings (SSSR count). The van der Waals surface area contributed by atoms with Crippen LogP contribution in [0.1, 0.15) is 38.2 Å². The normalized spacial score (nSPS) is 24.0. The summed E-state index contributed by atoms with van der Waals surface area (Å²) in [5, 5.41) is 9.04. The molecule has 0 aromatic heterocycles. The minimum Gasteiger partial charge on any atom is -0.489 e. The van der Waals surface area contributed by atoms with Crippen molar-refractivity contribution in [1.82, 2.24) is 0 Å². The number of nitrogens with zero attached hydrogens (tertiary/aromatic N) is 1. The second-order valence-corrected chi connectivity index (χ2v) is 4.88. The largest absolute Gasteiger partial charge is 0.489 e. The molecule has 1 aromatic carbocycles. The van der Waals surface area contributed by atoms with Gasteiger partial charge in [-0.1, -0.05) is 13.3 Å². The first kappa shape index (κ1) is 11.8. The topological polar surface area (TPSA) is 59.0 Å². The van der Waals surface area contributed by atoms with Crippen molar-refractivity contribution >= 4 is 5.69 Å². The molecule has 3 heteroatoms. The van der Waals surface area contributed by atoms with Gasteiger partial charge in [0.15, 0.2) is 0 Å². The minimum absolute atomic E-state index is 0.245. The van der Waals surface area contributed by atoms with E-state index in [0.717, 1.165) is 12.8 Å². The van der Waals surface area contributed by atoms with Gasteiger partial charge in [-0.05, 0) is 43.4 Å². The van der Waals surface area contributed by atoms with Crippen LogP contribution in [0.2, 0.25) is 0 Å². The van der Waals surface area contributed by atoms with E-state index in [9.17, 15) is 0 Å². The molecule has 17 heavy (non-hydrogen) atoms. The summed E-state index contributed by atoms with van der Waals surface area (Å²) in [4.78, 5) is 0. The highest BCUT2D eigenvalue weighted by atomic mass is 16.5. The Bertz CT molecular complexity index is 436. The molecule has 90 valence electrons. The van der Waals surface area contributed by atoms with Gasteiger partial charge in [0, 0.05) is 5.69 Å². The Kier molecular flexibility index (Phi) is 3.53. The van der Waals surface area contributed by atoms with Gasteiger partial charge in [-0.3, -0.25) is 0 Å². The lowest BCUT2D eigenvalue weighted by Gasteiger charge is -2.27. The van der Waals surface area contributed by atoms with E-state index >= 15 is 0 Å². The summed E-state index contributed by atoms with van der Waals surface area (Å²) >= 11 is 0. The highest BCUT2D eigenvalue weighted by Crippen LogP contribution is 2.29. The minimum atomic E-state index is 0.245. The fraction of sp³-hybridized carbons (Fsp3) is 0.500. The first-order valence-electron chi connectivity index (χ1n) is 6.15. The van der Waals surface area contributed by atoms with Crippen LogP contribution < -0.4 is 10.5 Å². The molecule has 0 heterocycles. The van der Waals surface area contributed by atoms with Crippen LogP contribution in [0.3, 0.4) is 0 Å². The zero-order valence-electron chi connectivity index (χ0n) is 10.1. The van der Waals surface area contributed by atoms with Crippen LogP contribution in [0.25, 0.3) is 0 Å². The van der Waals surface area contributed by atoms with Crippen molar-refractivity contribution in [3.05, 3.63) is 23.8 Å². The molecule has 0 spiro atoms. The number of hydrogen-bond acceptors (Lipinski definition) is 3. The molecule has 0 amide bonds. The average molecular weight is 230 g/mol. The summed E-state index contributed by atoms with van der Waals surface area (Å²) in [7, 11) is 0. The fourth-order valence-corrected chi connectivity index (χ4v) is 2.40. The van der Waals surface area contributed by atoms with Gasteiger partial charge in [0.05, 0.1) is 11.7 Å². The highest BCUT2D eigenvalue weighted by molar-refractivity contribution is 5.53. The van der Waals surface area contributed by atoms with Crippen molar-refractivity contribution in [2.24, 2.45) is 5.92 Å². The second kappa shape index (κ2) is 5.09. The number of benzene rings is 1. The third-order valence-electron chi connectivity index (χ3n) is 3.31. The molecule has 3 nitrogen and oxygen atoms in total. The van der Waals surface area contributed by atoms with Crippen LogP contribution in [0.4, 0.5) is 5.69 Å². The fourth-order valence-electron chi connectivity index (χ4n) is 2.40. The smallest absolute Gasteiger partial charge is 0.137 e. The predicted molar refractivity (Wildman–Crippen MR) is 67.6 cm³/mol. The van der Waals surface area contributed by atoms with Crippen molar-refractivity contribution in [1.29, 1.82) is 5.26 Å². The Morgan fingerprint density at radius 2 is 2.24 bits per heavy atom. The molecular weight excluding hydrogens is 212 g/mol. The lowest BCUT2D eigenvalue weighted by atomic mass is 9.88. The summed E-state index contributed by atoms with van der Waals surface area (Å²) in [5.41, 5.74) is 6.79. The molecule has 1 aliphatic carbocycles. The second-order valence-electron chi connectivity index (χ2n) is 4.88. The molecule has 2 atom stereocenters. The zero-order valence-corrected chi connectivity index (χ0v) is 10.1. The number of nitrogens with two attached hydrogens (primary N) is 1. The summed E-state index contributed by atoms with van der Waals surface area (Å²) in [5.74, 6) is 1.38. The predicted octanol–water partition coefficient (Wildman–Crippen LogP) is 3.10. The number of ether oxygens (including phenoxy) is 1. The van der Waals surface area contributed by atoms with E-state index in [1.165, 1.54) is 12.8 Å². The maximum Gasteiger partial charge on any atom is 0.137 e. The first-order chi connectivity index (χ1) is 8.19. The van der Waals surface area contributed by atoms with Crippen molar-refractivity contribution < 1.29 is 4.74 Å². The highest BCUT2D eigenvalue weighted by Gasteiger charge is 2.21. The van der Waals surface area contributed by atoms with Gasteiger partial charge < -0.3 is 10.5 Å². The third-order valence-corrected chi connectivity index (χ3v) is 3.31. The molecule has 0 bridgehead atoms. The summed E-state index contributed by atoms with van der Waals surface area (Å²) in [6.45, 7) is 2.25. The zero-order chi connectivity index (χ0) is 12.3. The molecule has 1 fully saturated rings. The number of anilines is 1. The Morgan fingerprint density at radius 1 is 1.41 bits per heavy atom. The molecule has 1 aliphatic rings. The van der Waals surface area contributed by atoms with E-state index in [-0.39, 0.29) is 6.10 Å². The average Bonchev–Trinajstić information content (AvgIpc) is 2.31. The first-order valence-corrected chi connectivity index (χ1v) is 6.15. The molecule has 0 saturated heterocycles. The number of nitrogen functional groups attached to an aromatic ring is 1. The lowest BCUT2D eigenvalue weighted by Crippen LogP contribution is -2.24. The van der Waals surface area contributed by atoms with Gasteiger partial charge in [0.1, 0.15) is 11.8 Å². The van der Waals surface area contributed by atoms with E-state index < -0.39 is 0 Å². The SMILES string of the molecule is CC1CCCC(Oc2ccc(N)cc2C#N)C1. The summed E-state index contributed by atoms with van der Waals surface area (Å²) in [6, 6.07) is 7.38. The Labute approximate surface area is 102 Å². The molecule has 2 N–H and O–H groups in total. The maximum absolute atomic E-state index is 9.04. The van der Waals surface area contributed by atoms with Gasteiger partial charge in [0.25, 0.3) is 0 Å². The van der Waals surface area contributed by atoms with Crippen LogP contribution in [-0.4, -0.2) is 6.10 Å². The molecular formula is C14H18N2O. The van der Waals surface area contributed by atoms with Gasteiger partial charge >= 0.3 is 0 Å². The quantitative estimate of drug-likeness (QED) is 0.794. The monoisotopic (exact) mass is 230 g/mol. The van der Waals surface area contributed by atoms with Gasteiger partial charge in [-0.25, -0.2) is 0 Å². The van der Waals surface area contributed by atoms with Gasteiger partial charge in [-0.15, -0.1) is 0 Å². The lowest BCUT2D eigenvalue weighted by molar-refractivity contribution is 0.129. The maximum atomic E-state index is 9.04. The van der Waals surface area contributed by atoms with Crippen LogP contribution in [0.15, 0.2) is 18.2 Å². The van der Waals surface area contributed by atoms with Gasteiger partial charge in [-0.2, -0.15) is 5.26 Å². The van der Waals surface area contributed by atoms with Crippen LogP contribution >= 0.6 is 0 Å². The van der Waals surface area contributed by atoms with E-state index in [1.54, 1.807) is 18.2 Å². The number of rotatable bonds is 2. The third kappa shape index (κ3) is 2.91. The van der Waals surface area contributed by atoms with Crippen LogP contribution in [0.5, 0.6) is 5.75 Å². The van der Waals surface area contributed by atoms with Crippen LogP contribution in [-0.2, 0) is 0 Å². The van der Waals surface area contributed by atoms with Crippen molar-refractivity contribution in [2.45, 2.75) is 38.7 Å². The molecule has 1 aromatic rings. The van der Waals surface area contributed by atoms with E-state index in [1.807, 2.05) is 0 Å². The molecule has 0 aliphatic heterocycles. The number of nitriles is 1. The van der Waals surface area contributed by atoms with Gasteiger partial charge in [0.2, 0.25) is 0 Å². The Balaban J connectivity index is 2.10. The molecule has 1 saturated carbocycles. The van der Waals surface area contributed by atoms with E-state index in [2.05, 4.69) is 13.0 Å².